The Labute approximate surface area is 183 Å². The smallest absolute Gasteiger partial charge is 0.238 e. The van der Waals surface area contributed by atoms with Gasteiger partial charge in [0.15, 0.2) is 0 Å². The number of allylic oxidation sites excluding steroid dienone is 2. The monoisotopic (exact) mass is 407 g/mol. The molecular weight excluding hydrogens is 382 g/mol. The van der Waals surface area contributed by atoms with Gasteiger partial charge in [-0.2, -0.15) is 0 Å². The van der Waals surface area contributed by atoms with Gasteiger partial charge < -0.3 is 0 Å². The molecule has 31 heavy (non-hydrogen) atoms. The molecule has 0 aromatic heterocycles. The van der Waals surface area contributed by atoms with Gasteiger partial charge in [0.25, 0.3) is 0 Å². The second-order valence-corrected chi connectivity index (χ2v) is 8.61. The van der Waals surface area contributed by atoms with Crippen molar-refractivity contribution in [3.63, 3.8) is 0 Å². The Morgan fingerprint density at radius 2 is 1.13 bits per heavy atom. The lowest BCUT2D eigenvalue weighted by Crippen LogP contribution is -2.32. The number of aryl methyl sites for hydroxylation is 2. The second kappa shape index (κ2) is 7.66. The summed E-state index contributed by atoms with van der Waals surface area (Å²) in [4.78, 5) is 29.1. The molecule has 0 spiro atoms. The molecule has 0 N–H and O–H groups in total. The number of benzene rings is 3. The molecule has 0 bridgehead atoms. The van der Waals surface area contributed by atoms with Crippen molar-refractivity contribution in [2.24, 2.45) is 11.8 Å². The number of anilines is 1. The Morgan fingerprint density at radius 3 is 1.58 bits per heavy atom. The van der Waals surface area contributed by atoms with E-state index in [1.54, 1.807) is 0 Å². The predicted molar refractivity (Wildman–Crippen MR) is 123 cm³/mol. The minimum Gasteiger partial charge on any atom is -0.274 e. The Balaban J connectivity index is 1.64. The highest BCUT2D eigenvalue weighted by Gasteiger charge is 2.55. The van der Waals surface area contributed by atoms with E-state index in [1.807, 2.05) is 92.7 Å². The third-order valence-electron chi connectivity index (χ3n) is 6.66. The first-order valence-corrected chi connectivity index (χ1v) is 10.8. The summed E-state index contributed by atoms with van der Waals surface area (Å²) < 4.78 is 0. The van der Waals surface area contributed by atoms with Crippen LogP contribution in [0.3, 0.4) is 0 Å². The highest BCUT2D eigenvalue weighted by molar-refractivity contribution is 6.23. The zero-order valence-corrected chi connectivity index (χ0v) is 17.7. The summed E-state index contributed by atoms with van der Waals surface area (Å²) in [6.45, 7) is 3.98. The molecule has 1 heterocycles. The lowest BCUT2D eigenvalue weighted by atomic mass is 9.68. The topological polar surface area (TPSA) is 37.4 Å². The zero-order chi connectivity index (χ0) is 21.5. The quantitative estimate of drug-likeness (QED) is 0.422. The largest absolute Gasteiger partial charge is 0.274 e. The summed E-state index contributed by atoms with van der Waals surface area (Å²) in [5.74, 6) is -1.24. The van der Waals surface area contributed by atoms with Crippen LogP contribution in [0.2, 0.25) is 0 Å². The van der Waals surface area contributed by atoms with Gasteiger partial charge in [-0.15, -0.1) is 0 Å². The number of fused-ring (bicyclic) bond motifs is 1. The van der Waals surface area contributed by atoms with E-state index in [0.29, 0.717) is 5.69 Å². The minimum absolute atomic E-state index is 0.0962. The first-order chi connectivity index (χ1) is 15.1. The average molecular weight is 408 g/mol. The van der Waals surface area contributed by atoms with Gasteiger partial charge in [-0.05, 0) is 36.6 Å². The normalized spacial score (nSPS) is 25.0. The summed E-state index contributed by atoms with van der Waals surface area (Å²) in [6, 6.07) is 26.0. The zero-order valence-electron chi connectivity index (χ0n) is 17.7. The van der Waals surface area contributed by atoms with Gasteiger partial charge in [0.2, 0.25) is 11.8 Å². The maximum atomic E-state index is 13.8. The molecule has 0 saturated carbocycles. The van der Waals surface area contributed by atoms with Crippen LogP contribution in [0.5, 0.6) is 0 Å². The molecule has 154 valence electrons. The lowest BCUT2D eigenvalue weighted by molar-refractivity contribution is -0.122. The minimum atomic E-state index is -0.411. The molecule has 2 aliphatic rings. The van der Waals surface area contributed by atoms with Crippen LogP contribution in [0.25, 0.3) is 0 Å². The molecule has 3 aromatic rings. The van der Waals surface area contributed by atoms with Gasteiger partial charge in [0, 0.05) is 11.8 Å². The standard InChI is InChI=1S/C28H25NO2/c1-18-13-16-24(19(2)17-18)29-27(30)25-22(20-9-5-3-6-10-20)14-15-23(26(25)28(29)31)21-11-7-4-8-12-21/h3-17,22-23,25-26H,1-2H3/t22-,23-,25-,26+/m1/s1. The van der Waals surface area contributed by atoms with Gasteiger partial charge in [0.1, 0.15) is 0 Å². The number of rotatable bonds is 3. The van der Waals surface area contributed by atoms with Crippen LogP contribution in [0.1, 0.15) is 34.1 Å². The van der Waals surface area contributed by atoms with Gasteiger partial charge in [-0.1, -0.05) is 90.5 Å². The predicted octanol–water partition coefficient (Wildman–Crippen LogP) is 5.55. The van der Waals surface area contributed by atoms with Crippen LogP contribution in [0.4, 0.5) is 5.69 Å². The molecule has 2 amide bonds. The molecule has 3 heteroatoms. The fourth-order valence-electron chi connectivity index (χ4n) is 5.23. The number of amides is 2. The SMILES string of the molecule is Cc1ccc(N2C(=O)[C@@H]3[C@H](C2=O)[C@@H](c2ccccc2)C=C[C@@H]3c2ccccc2)c(C)c1. The third kappa shape index (κ3) is 3.21. The van der Waals surface area contributed by atoms with E-state index in [9.17, 15) is 9.59 Å². The first kappa shape index (κ1) is 19.5. The number of nitrogens with zero attached hydrogens (tertiary/aromatic N) is 1. The van der Waals surface area contributed by atoms with Gasteiger partial charge in [0.05, 0.1) is 17.5 Å². The lowest BCUT2D eigenvalue weighted by Gasteiger charge is -2.32. The van der Waals surface area contributed by atoms with E-state index in [0.717, 1.165) is 22.3 Å². The van der Waals surface area contributed by atoms with Crippen molar-refractivity contribution in [3.05, 3.63) is 113 Å². The maximum Gasteiger partial charge on any atom is 0.238 e. The molecular formula is C28H25NO2. The van der Waals surface area contributed by atoms with Crippen molar-refractivity contribution in [1.29, 1.82) is 0 Å². The highest BCUT2D eigenvalue weighted by atomic mass is 16.2. The highest BCUT2D eigenvalue weighted by Crippen LogP contribution is 2.50. The summed E-state index contributed by atoms with van der Waals surface area (Å²) in [7, 11) is 0. The van der Waals surface area contributed by atoms with E-state index in [4.69, 9.17) is 0 Å². The molecule has 0 radical (unpaired) electrons. The van der Waals surface area contributed by atoms with Gasteiger partial charge >= 0.3 is 0 Å². The van der Waals surface area contributed by atoms with Crippen molar-refractivity contribution < 1.29 is 9.59 Å². The van der Waals surface area contributed by atoms with E-state index in [1.165, 1.54) is 4.90 Å². The van der Waals surface area contributed by atoms with Crippen LogP contribution < -0.4 is 4.90 Å². The second-order valence-electron chi connectivity index (χ2n) is 8.61. The molecule has 5 rings (SSSR count). The summed E-state index contributed by atoms with van der Waals surface area (Å²) in [5, 5.41) is 0. The van der Waals surface area contributed by atoms with Crippen molar-refractivity contribution in [2.45, 2.75) is 25.7 Å². The van der Waals surface area contributed by atoms with Crippen LogP contribution in [0, 0.1) is 25.7 Å². The Kier molecular flexibility index (Phi) is 4.82. The fraction of sp³-hybridized carbons (Fsp3) is 0.214. The Morgan fingerprint density at radius 1 is 0.645 bits per heavy atom. The van der Waals surface area contributed by atoms with E-state index >= 15 is 0 Å². The van der Waals surface area contributed by atoms with Crippen LogP contribution in [-0.4, -0.2) is 11.8 Å². The molecule has 4 atom stereocenters. The van der Waals surface area contributed by atoms with Gasteiger partial charge in [-0.3, -0.25) is 9.59 Å². The fourth-order valence-corrected chi connectivity index (χ4v) is 5.23. The number of imide groups is 1. The number of carbonyl (C=O) groups excluding carboxylic acids is 2. The molecule has 0 unspecified atom stereocenters. The van der Waals surface area contributed by atoms with Crippen LogP contribution >= 0.6 is 0 Å². The molecule has 3 nitrogen and oxygen atoms in total. The Hall–Kier alpha value is -3.46. The number of hydrogen-bond donors (Lipinski definition) is 0. The van der Waals surface area contributed by atoms with E-state index in [-0.39, 0.29) is 23.7 Å². The summed E-state index contributed by atoms with van der Waals surface area (Å²) in [6.07, 6.45) is 4.26. The van der Waals surface area contributed by atoms with E-state index in [2.05, 4.69) is 12.2 Å². The molecule has 1 saturated heterocycles. The maximum absolute atomic E-state index is 13.8. The van der Waals surface area contributed by atoms with Crippen molar-refractivity contribution in [2.75, 3.05) is 4.90 Å². The van der Waals surface area contributed by atoms with Crippen molar-refractivity contribution in [1.82, 2.24) is 0 Å². The Bertz CT molecular complexity index is 1100. The summed E-state index contributed by atoms with van der Waals surface area (Å²) in [5.41, 5.74) is 4.91. The third-order valence-corrected chi connectivity index (χ3v) is 6.66. The van der Waals surface area contributed by atoms with E-state index < -0.39 is 11.8 Å². The molecule has 1 aliphatic heterocycles. The van der Waals surface area contributed by atoms with Crippen LogP contribution in [0.15, 0.2) is 91.0 Å². The van der Waals surface area contributed by atoms with Gasteiger partial charge in [-0.25, -0.2) is 4.90 Å². The molecule has 1 fully saturated rings. The molecule has 3 aromatic carbocycles. The van der Waals surface area contributed by atoms with Crippen LogP contribution in [-0.2, 0) is 9.59 Å². The first-order valence-electron chi connectivity index (χ1n) is 10.8. The summed E-state index contributed by atoms with van der Waals surface area (Å²) >= 11 is 0. The molecule has 1 aliphatic carbocycles. The average Bonchev–Trinajstić information content (AvgIpc) is 3.05. The number of hydrogen-bond acceptors (Lipinski definition) is 2. The van der Waals surface area contributed by atoms with Crippen molar-refractivity contribution >= 4 is 17.5 Å². The van der Waals surface area contributed by atoms with Crippen molar-refractivity contribution in [3.8, 4) is 0 Å². The number of carbonyl (C=O) groups is 2.